The van der Waals surface area contributed by atoms with Crippen molar-refractivity contribution in [1.82, 2.24) is 0 Å². The molecule has 1 nitrogen and oxygen atoms in total. The van der Waals surface area contributed by atoms with Crippen molar-refractivity contribution in [3.63, 3.8) is 0 Å². The molecule has 1 unspecified atom stereocenters. The van der Waals surface area contributed by atoms with Crippen molar-refractivity contribution in [3.8, 4) is 11.1 Å². The molecule has 8 rings (SSSR count). The van der Waals surface area contributed by atoms with E-state index in [1.165, 1.54) is 71.5 Å². The van der Waals surface area contributed by atoms with Crippen LogP contribution in [0.15, 0.2) is 96.6 Å². The van der Waals surface area contributed by atoms with Crippen molar-refractivity contribution in [2.24, 2.45) is 0 Å². The van der Waals surface area contributed by atoms with Crippen molar-refractivity contribution in [1.29, 1.82) is 0 Å². The van der Waals surface area contributed by atoms with E-state index < -0.39 is 8.41 Å². The van der Waals surface area contributed by atoms with E-state index in [9.17, 15) is 0 Å². The Hall–Kier alpha value is -2.69. The van der Waals surface area contributed by atoms with E-state index in [0.717, 1.165) is 19.4 Å². The normalized spacial score (nSPS) is 16.0. The van der Waals surface area contributed by atoms with Gasteiger partial charge in [0.05, 0.1) is 0 Å². The van der Waals surface area contributed by atoms with Gasteiger partial charge in [0.15, 0.2) is 0 Å². The van der Waals surface area contributed by atoms with Gasteiger partial charge in [-0.15, -0.1) is 22.4 Å². The van der Waals surface area contributed by atoms with Gasteiger partial charge in [0.1, 0.15) is 0 Å². The quantitative estimate of drug-likeness (QED) is 0.200. The second-order valence-electron chi connectivity index (χ2n) is 12.5. The van der Waals surface area contributed by atoms with Crippen LogP contribution < -0.4 is 40.2 Å². The molecule has 0 saturated carbocycles. The molecular formula is C40H36Cl2HfNSi-3. The molecule has 0 spiro atoms. The van der Waals surface area contributed by atoms with E-state index in [1.54, 1.807) is 10.7 Å². The number of para-hydroxylation sites is 1. The van der Waals surface area contributed by atoms with E-state index in [4.69, 9.17) is 0 Å². The van der Waals surface area contributed by atoms with Gasteiger partial charge in [-0.05, 0) is 53.8 Å². The Kier molecular flexibility index (Phi) is 9.87. The first kappa shape index (κ1) is 33.7. The average molecular weight is 808 g/mol. The predicted molar refractivity (Wildman–Crippen MR) is 184 cm³/mol. The Bertz CT molecular complexity index is 2130. The van der Waals surface area contributed by atoms with Crippen LogP contribution in [0.25, 0.3) is 39.6 Å². The molecule has 1 heterocycles. The molecule has 0 bridgehead atoms. The summed E-state index contributed by atoms with van der Waals surface area (Å²) in [5, 5.41) is 7.24. The molecule has 226 valence electrons. The van der Waals surface area contributed by atoms with Crippen LogP contribution in [0, 0.1) is 6.92 Å². The second kappa shape index (κ2) is 13.2. The van der Waals surface area contributed by atoms with Crippen LogP contribution in [0.5, 0.6) is 0 Å². The fraction of sp³-hybridized carbons (Fsp3) is 0.200. The van der Waals surface area contributed by atoms with Crippen molar-refractivity contribution in [2.45, 2.75) is 45.7 Å². The zero-order valence-electron chi connectivity index (χ0n) is 26.2. The standard InChI is InChI=1S/C40H36NSi.2ClH.Hf/c1-25-23-29-19-20-36(42(3)4)40(39(29)37(25)31-15-9-13-27-11-5-7-14-30(27)31)38-26(2)24-33-32(38)16-10-18-35(33)41-22-21-28-12-6-8-17-34(28)41;;;/h5-19,23-24,38H,20-22H2,1-4H3;2*1H;/q-1;;;/p-2. The summed E-state index contributed by atoms with van der Waals surface area (Å²) in [7, 11) is -0.671. The Morgan fingerprint density at radius 2 is 1.53 bits per heavy atom. The van der Waals surface area contributed by atoms with E-state index in [-0.39, 0.29) is 56.6 Å². The maximum absolute atomic E-state index is 2.55. The number of allylic oxidation sites excluding steroid dienone is 1. The predicted octanol–water partition coefficient (Wildman–Crippen LogP) is 2.28. The van der Waals surface area contributed by atoms with Crippen molar-refractivity contribution in [3.05, 3.63) is 129 Å². The summed E-state index contributed by atoms with van der Waals surface area (Å²) < 4.78 is 0. The summed E-state index contributed by atoms with van der Waals surface area (Å²) in [6.07, 6.45) is 7.20. The SMILES string of the molecule is CC1=Cc2c(cccc2N2CCc3ccccc32)C1C1=c2c(-c3cccc4ccccc34)c(C)[cH-]c2=CCC1=[Si](C)C.[Cl-].[Cl-].[Hf]. The fourth-order valence-corrected chi connectivity index (χ4v) is 9.29. The van der Waals surface area contributed by atoms with Crippen LogP contribution in [0.3, 0.4) is 0 Å². The molecule has 5 aromatic carbocycles. The molecule has 0 N–H and O–H groups in total. The maximum atomic E-state index is 2.55. The molecule has 0 saturated heterocycles. The van der Waals surface area contributed by atoms with Gasteiger partial charge in [-0.3, -0.25) is 0 Å². The summed E-state index contributed by atoms with van der Waals surface area (Å²) in [5.74, 6) is 0.288. The molecule has 1 aliphatic heterocycles. The second-order valence-corrected chi connectivity index (χ2v) is 15.1. The van der Waals surface area contributed by atoms with Crippen molar-refractivity contribution >= 4 is 53.5 Å². The number of rotatable bonds is 3. The van der Waals surface area contributed by atoms with Crippen LogP contribution in [0.4, 0.5) is 11.4 Å². The topological polar surface area (TPSA) is 3.24 Å². The number of nitrogens with zero attached hydrogens (tertiary/aromatic N) is 1. The van der Waals surface area contributed by atoms with Gasteiger partial charge in [0.25, 0.3) is 0 Å². The number of fused-ring (bicyclic) bond motifs is 4. The minimum absolute atomic E-state index is 0. The van der Waals surface area contributed by atoms with Gasteiger partial charge in [0.2, 0.25) is 0 Å². The summed E-state index contributed by atoms with van der Waals surface area (Å²) in [4.78, 5) is 2.55. The zero-order valence-corrected chi connectivity index (χ0v) is 32.3. The minimum atomic E-state index is -0.671. The molecule has 0 aromatic heterocycles. The molecular weight excluding hydrogens is 772 g/mol. The third-order valence-corrected chi connectivity index (χ3v) is 11.5. The summed E-state index contributed by atoms with van der Waals surface area (Å²) in [6, 6.07) is 34.1. The summed E-state index contributed by atoms with van der Waals surface area (Å²) in [6.45, 7) is 10.7. The first-order chi connectivity index (χ1) is 20.5. The van der Waals surface area contributed by atoms with Crippen LogP contribution in [0.1, 0.15) is 41.5 Å². The van der Waals surface area contributed by atoms with Crippen LogP contribution >= 0.6 is 0 Å². The van der Waals surface area contributed by atoms with Gasteiger partial charge < -0.3 is 29.7 Å². The smallest absolute Gasteiger partial charge is 0.0487 e. The number of hydrogen-bond donors (Lipinski definition) is 0. The molecule has 5 aromatic rings. The number of benzene rings is 4. The maximum Gasteiger partial charge on any atom is 0.0487 e. The first-order valence-corrected chi connectivity index (χ1v) is 17.8. The van der Waals surface area contributed by atoms with Gasteiger partial charge in [-0.25, -0.2) is 0 Å². The van der Waals surface area contributed by atoms with Crippen molar-refractivity contribution in [2.75, 3.05) is 11.4 Å². The molecule has 0 amide bonds. The summed E-state index contributed by atoms with van der Waals surface area (Å²) in [5.41, 5.74) is 14.3. The molecule has 1 atom stereocenters. The number of halogens is 2. The minimum Gasteiger partial charge on any atom is -1.00 e. The average Bonchev–Trinajstić information content (AvgIpc) is 3.68. The van der Waals surface area contributed by atoms with E-state index in [1.807, 2.05) is 0 Å². The molecule has 5 heteroatoms. The Morgan fingerprint density at radius 3 is 2.36 bits per heavy atom. The first-order valence-electron chi connectivity index (χ1n) is 15.3. The van der Waals surface area contributed by atoms with Gasteiger partial charge in [-0.1, -0.05) is 121 Å². The van der Waals surface area contributed by atoms with E-state index >= 15 is 0 Å². The number of hydrogen-bond acceptors (Lipinski definition) is 1. The largest absolute Gasteiger partial charge is 1.00 e. The molecule has 45 heavy (non-hydrogen) atoms. The Labute approximate surface area is 299 Å². The van der Waals surface area contributed by atoms with E-state index in [2.05, 4.69) is 135 Å². The Balaban J connectivity index is 0.00000133. The Morgan fingerprint density at radius 1 is 0.822 bits per heavy atom. The number of anilines is 2. The van der Waals surface area contributed by atoms with Gasteiger partial charge >= 0.3 is 0 Å². The third kappa shape index (κ3) is 5.34. The molecule has 2 aliphatic carbocycles. The summed E-state index contributed by atoms with van der Waals surface area (Å²) >= 11 is 0. The van der Waals surface area contributed by atoms with Crippen LogP contribution in [0.2, 0.25) is 13.1 Å². The van der Waals surface area contributed by atoms with Crippen LogP contribution in [-0.4, -0.2) is 20.1 Å². The zero-order chi connectivity index (χ0) is 28.5. The van der Waals surface area contributed by atoms with Crippen molar-refractivity contribution < 1.29 is 50.7 Å². The van der Waals surface area contributed by atoms with Crippen LogP contribution in [-0.2, 0) is 32.3 Å². The molecule has 3 aliphatic rings. The van der Waals surface area contributed by atoms with Gasteiger partial charge in [0, 0.05) is 63.7 Å². The van der Waals surface area contributed by atoms with E-state index in [0.29, 0.717) is 0 Å². The monoisotopic (exact) mass is 808 g/mol. The third-order valence-electron chi connectivity index (χ3n) is 9.81. The van der Waals surface area contributed by atoms with Gasteiger partial charge in [-0.2, -0.15) is 11.3 Å². The fourth-order valence-electron chi connectivity index (χ4n) is 7.97. The molecule has 0 radical (unpaired) electrons. The molecule has 0 fully saturated rings. The number of aryl methyl sites for hydroxylation is 1.